The Morgan fingerprint density at radius 2 is 2.14 bits per heavy atom. The summed E-state index contributed by atoms with van der Waals surface area (Å²) in [6, 6.07) is 8.74. The van der Waals surface area contributed by atoms with Gasteiger partial charge in [-0.25, -0.2) is 0 Å². The molecule has 0 saturated heterocycles. The van der Waals surface area contributed by atoms with E-state index in [2.05, 4.69) is 58.3 Å². The molecule has 1 aromatic rings. The Balaban J connectivity index is 1.81. The van der Waals surface area contributed by atoms with Crippen molar-refractivity contribution in [2.24, 2.45) is 4.99 Å². The Bertz CT molecular complexity index is 481. The fourth-order valence-electron chi connectivity index (χ4n) is 2.56. The van der Waals surface area contributed by atoms with Crippen molar-refractivity contribution in [3.05, 3.63) is 48.0 Å². The first-order valence-electron chi connectivity index (χ1n) is 7.75. The fourth-order valence-corrected chi connectivity index (χ4v) is 2.56. The lowest BCUT2D eigenvalue weighted by atomic mass is 10.0. The van der Waals surface area contributed by atoms with Crippen LogP contribution in [0.15, 0.2) is 41.9 Å². The van der Waals surface area contributed by atoms with Crippen molar-refractivity contribution in [1.29, 1.82) is 0 Å². The summed E-state index contributed by atoms with van der Waals surface area (Å²) in [4.78, 5) is 7.08. The van der Waals surface area contributed by atoms with Crippen molar-refractivity contribution in [3.8, 4) is 0 Å². The van der Waals surface area contributed by atoms with Gasteiger partial charge in [0.05, 0.1) is 6.54 Å². The lowest BCUT2D eigenvalue weighted by molar-refractivity contribution is 0.261. The molecule has 0 aromatic heterocycles. The topological polar surface area (TPSA) is 39.7 Å². The number of nitrogens with zero attached hydrogens (tertiary/aromatic N) is 2. The van der Waals surface area contributed by atoms with Gasteiger partial charge in [-0.3, -0.25) is 9.89 Å². The molecule has 1 heterocycles. The average Bonchev–Trinajstić information content (AvgIpc) is 2.52. The third kappa shape index (κ3) is 4.90. The Kier molecular flexibility index (Phi) is 6.28. The minimum Gasteiger partial charge on any atom is -0.357 e. The van der Waals surface area contributed by atoms with Gasteiger partial charge in [0.2, 0.25) is 0 Å². The van der Waals surface area contributed by atoms with E-state index in [1.54, 1.807) is 0 Å². The maximum Gasteiger partial charge on any atom is 0.191 e. The molecule has 2 rings (SSSR count). The second kappa shape index (κ2) is 8.47. The molecule has 0 saturated carbocycles. The van der Waals surface area contributed by atoms with Gasteiger partial charge in [-0.1, -0.05) is 30.3 Å². The standard InChI is InChI=1S/C17H26N4/c1-3-10-19-17(18-4-2)20-11-13-21-12-9-15-7-5-6-8-16(15)14-21/h3,5-8H,1,4,9-14H2,2H3,(H2,18,19,20). The number of aliphatic imine (C=N–C) groups is 1. The van der Waals surface area contributed by atoms with Crippen LogP contribution in [0.25, 0.3) is 0 Å². The summed E-state index contributed by atoms with van der Waals surface area (Å²) >= 11 is 0. The number of hydrogen-bond donors (Lipinski definition) is 2. The number of rotatable bonds is 6. The van der Waals surface area contributed by atoms with Crippen LogP contribution in [0.4, 0.5) is 0 Å². The van der Waals surface area contributed by atoms with Gasteiger partial charge in [0.1, 0.15) is 0 Å². The van der Waals surface area contributed by atoms with Gasteiger partial charge >= 0.3 is 0 Å². The van der Waals surface area contributed by atoms with Gasteiger partial charge in [-0.2, -0.15) is 0 Å². The van der Waals surface area contributed by atoms with Crippen LogP contribution in [0.3, 0.4) is 0 Å². The molecule has 0 fully saturated rings. The summed E-state index contributed by atoms with van der Waals surface area (Å²) in [5, 5.41) is 6.47. The molecule has 0 spiro atoms. The molecule has 0 aliphatic carbocycles. The van der Waals surface area contributed by atoms with Gasteiger partial charge in [0.15, 0.2) is 5.96 Å². The van der Waals surface area contributed by atoms with E-state index in [9.17, 15) is 0 Å². The predicted molar refractivity (Wildman–Crippen MR) is 89.6 cm³/mol. The Morgan fingerprint density at radius 1 is 1.33 bits per heavy atom. The first-order valence-corrected chi connectivity index (χ1v) is 7.75. The molecule has 0 unspecified atom stereocenters. The minimum absolute atomic E-state index is 0.739. The van der Waals surface area contributed by atoms with E-state index >= 15 is 0 Å². The molecule has 1 aliphatic rings. The van der Waals surface area contributed by atoms with Crippen molar-refractivity contribution in [3.63, 3.8) is 0 Å². The second-order valence-electron chi connectivity index (χ2n) is 5.23. The van der Waals surface area contributed by atoms with E-state index in [4.69, 9.17) is 0 Å². The normalized spacial score (nSPS) is 15.4. The highest BCUT2D eigenvalue weighted by Gasteiger charge is 2.14. The van der Waals surface area contributed by atoms with Gasteiger partial charge in [-0.15, -0.1) is 6.58 Å². The molecule has 0 radical (unpaired) electrons. The van der Waals surface area contributed by atoms with E-state index in [1.165, 1.54) is 11.1 Å². The van der Waals surface area contributed by atoms with E-state index in [-0.39, 0.29) is 0 Å². The van der Waals surface area contributed by atoms with Crippen LogP contribution in [-0.4, -0.2) is 43.6 Å². The number of guanidine groups is 1. The third-order valence-corrected chi connectivity index (χ3v) is 3.65. The van der Waals surface area contributed by atoms with Gasteiger partial charge in [0, 0.05) is 32.7 Å². The largest absolute Gasteiger partial charge is 0.357 e. The lowest BCUT2D eigenvalue weighted by Crippen LogP contribution is -2.38. The molecule has 1 aliphatic heterocycles. The van der Waals surface area contributed by atoms with Crippen LogP contribution in [0, 0.1) is 0 Å². The summed E-state index contributed by atoms with van der Waals surface area (Å²) in [6.45, 7) is 11.4. The zero-order chi connectivity index (χ0) is 14.9. The second-order valence-corrected chi connectivity index (χ2v) is 5.23. The summed E-state index contributed by atoms with van der Waals surface area (Å²) in [5.41, 5.74) is 2.96. The number of fused-ring (bicyclic) bond motifs is 1. The molecule has 114 valence electrons. The first kappa shape index (κ1) is 15.6. The molecule has 21 heavy (non-hydrogen) atoms. The van der Waals surface area contributed by atoms with Crippen molar-refractivity contribution in [2.75, 3.05) is 32.7 Å². The van der Waals surface area contributed by atoms with E-state index in [1.807, 2.05) is 6.08 Å². The van der Waals surface area contributed by atoms with Crippen molar-refractivity contribution >= 4 is 5.96 Å². The molecule has 0 atom stereocenters. The van der Waals surface area contributed by atoms with E-state index in [0.29, 0.717) is 0 Å². The maximum absolute atomic E-state index is 4.61. The van der Waals surface area contributed by atoms with E-state index < -0.39 is 0 Å². The highest BCUT2D eigenvalue weighted by molar-refractivity contribution is 5.79. The minimum atomic E-state index is 0.739. The summed E-state index contributed by atoms with van der Waals surface area (Å²) in [5.74, 6) is 0.870. The van der Waals surface area contributed by atoms with Gasteiger partial charge in [-0.05, 0) is 24.5 Å². The van der Waals surface area contributed by atoms with Crippen LogP contribution < -0.4 is 10.6 Å². The summed E-state index contributed by atoms with van der Waals surface area (Å²) < 4.78 is 0. The van der Waals surface area contributed by atoms with Crippen molar-refractivity contribution in [1.82, 2.24) is 15.5 Å². The summed E-state index contributed by atoms with van der Waals surface area (Å²) in [7, 11) is 0. The van der Waals surface area contributed by atoms with Crippen LogP contribution in [0.2, 0.25) is 0 Å². The van der Waals surface area contributed by atoms with Crippen molar-refractivity contribution in [2.45, 2.75) is 19.9 Å². The van der Waals surface area contributed by atoms with Crippen LogP contribution in [0.1, 0.15) is 18.1 Å². The molecule has 4 heteroatoms. The smallest absolute Gasteiger partial charge is 0.191 e. The molecule has 2 N–H and O–H groups in total. The third-order valence-electron chi connectivity index (χ3n) is 3.65. The van der Waals surface area contributed by atoms with Crippen LogP contribution in [-0.2, 0) is 13.0 Å². The first-order chi connectivity index (χ1) is 10.3. The number of hydrogen-bond acceptors (Lipinski definition) is 2. The summed E-state index contributed by atoms with van der Waals surface area (Å²) in [6.07, 6.45) is 2.99. The van der Waals surface area contributed by atoms with Gasteiger partial charge in [0.25, 0.3) is 0 Å². The monoisotopic (exact) mass is 286 g/mol. The Morgan fingerprint density at radius 3 is 2.90 bits per heavy atom. The zero-order valence-corrected chi connectivity index (χ0v) is 12.9. The van der Waals surface area contributed by atoms with Gasteiger partial charge < -0.3 is 10.6 Å². The molecular formula is C17H26N4. The van der Waals surface area contributed by atoms with Crippen molar-refractivity contribution < 1.29 is 0 Å². The SMILES string of the molecule is C=CCNC(=NCCN1CCc2ccccc2C1)NCC. The van der Waals surface area contributed by atoms with E-state index in [0.717, 1.165) is 51.6 Å². The Labute approximate surface area is 128 Å². The molecule has 0 amide bonds. The average molecular weight is 286 g/mol. The maximum atomic E-state index is 4.61. The quantitative estimate of drug-likeness (QED) is 0.476. The number of nitrogens with one attached hydrogen (secondary N) is 2. The predicted octanol–water partition coefficient (Wildman–Crippen LogP) is 1.79. The highest BCUT2D eigenvalue weighted by atomic mass is 15.2. The lowest BCUT2D eigenvalue weighted by Gasteiger charge is -2.28. The zero-order valence-electron chi connectivity index (χ0n) is 12.9. The number of benzene rings is 1. The molecule has 0 bridgehead atoms. The van der Waals surface area contributed by atoms with Crippen LogP contribution >= 0.6 is 0 Å². The fraction of sp³-hybridized carbons (Fsp3) is 0.471. The molecule has 1 aromatic carbocycles. The highest BCUT2D eigenvalue weighted by Crippen LogP contribution is 2.17. The molecule has 4 nitrogen and oxygen atoms in total. The molecular weight excluding hydrogens is 260 g/mol. The Hall–Kier alpha value is -1.81. The van der Waals surface area contributed by atoms with Crippen LogP contribution in [0.5, 0.6) is 0 Å².